The molecule has 3 aromatic rings. The van der Waals surface area contributed by atoms with Crippen LogP contribution < -0.4 is 24.8 Å². The number of methoxy groups -OCH3 is 1. The Kier molecular flexibility index (Phi) is 10.9. The number of allylic oxidation sites excluding steroid dienone is 1. The van der Waals surface area contributed by atoms with Gasteiger partial charge in [0.05, 0.1) is 30.1 Å². The van der Waals surface area contributed by atoms with Crippen molar-refractivity contribution in [3.63, 3.8) is 0 Å². The number of hydrogen-bond acceptors (Lipinski definition) is 11. The van der Waals surface area contributed by atoms with Gasteiger partial charge in [-0.15, -0.1) is 11.3 Å². The molecule has 2 aliphatic heterocycles. The van der Waals surface area contributed by atoms with E-state index in [1.54, 1.807) is 21.2 Å². The molecular weight excluding hydrogens is 783 g/mol. The quantitative estimate of drug-likeness (QED) is 0.258. The van der Waals surface area contributed by atoms with E-state index in [2.05, 4.69) is 20.7 Å². The highest BCUT2D eigenvalue weighted by Gasteiger charge is 2.62. The fourth-order valence-corrected chi connectivity index (χ4v) is 10.3. The van der Waals surface area contributed by atoms with Gasteiger partial charge in [0.2, 0.25) is 21.8 Å². The van der Waals surface area contributed by atoms with Gasteiger partial charge in [-0.1, -0.05) is 25.0 Å². The van der Waals surface area contributed by atoms with Gasteiger partial charge >= 0.3 is 6.03 Å². The Bertz CT molecular complexity index is 2270. The number of thiazole rings is 1. The largest absolute Gasteiger partial charge is 0.496 e. The van der Waals surface area contributed by atoms with Crippen molar-refractivity contribution in [2.24, 2.45) is 5.92 Å². The summed E-state index contributed by atoms with van der Waals surface area (Å²) in [5.41, 5.74) is 1.68. The minimum absolute atomic E-state index is 0.0151. The van der Waals surface area contributed by atoms with E-state index in [4.69, 9.17) is 19.4 Å². The second-order valence-corrected chi connectivity index (χ2v) is 19.4. The summed E-state index contributed by atoms with van der Waals surface area (Å²) in [6.07, 6.45) is 9.97. The summed E-state index contributed by atoms with van der Waals surface area (Å²) >= 11 is 1.52. The van der Waals surface area contributed by atoms with Crippen molar-refractivity contribution in [2.45, 2.75) is 112 Å². The SMILES string of the molecule is COc1ccc2c(O[C@@H]3C[C@H]4C(=O)N[C@]5(C(=O)NS(=O)(=O)C6CC6)C[C@H]5/C=C\CCCCC[C@H](NC(=O)N(C)C)C(=O)N4C3)cc(-c3nc(C4CC4)cs3)nc2c1C. The maximum Gasteiger partial charge on any atom is 0.317 e. The summed E-state index contributed by atoms with van der Waals surface area (Å²) < 4.78 is 40.5. The molecule has 3 N–H and O–H groups in total. The van der Waals surface area contributed by atoms with Crippen molar-refractivity contribution in [3.05, 3.63) is 47.0 Å². The highest BCUT2D eigenvalue weighted by molar-refractivity contribution is 7.91. The van der Waals surface area contributed by atoms with Crippen LogP contribution in [0.2, 0.25) is 0 Å². The molecule has 5 aliphatic rings. The maximum atomic E-state index is 14.6. The van der Waals surface area contributed by atoms with E-state index >= 15 is 0 Å². The number of aromatic nitrogens is 2. The fraction of sp³-hybridized carbons (Fsp3) is 0.561. The van der Waals surface area contributed by atoms with Gasteiger partial charge in [0, 0.05) is 54.7 Å². The Morgan fingerprint density at radius 3 is 2.57 bits per heavy atom. The van der Waals surface area contributed by atoms with Gasteiger partial charge in [-0.3, -0.25) is 19.1 Å². The third kappa shape index (κ3) is 8.11. The molecular formula is C41H51N7O8S2. The number of pyridine rings is 1. The van der Waals surface area contributed by atoms with E-state index in [1.807, 2.05) is 37.3 Å². The molecule has 8 rings (SSSR count). The van der Waals surface area contributed by atoms with Gasteiger partial charge in [-0.05, 0) is 70.4 Å². The molecule has 3 saturated carbocycles. The van der Waals surface area contributed by atoms with Gasteiger partial charge < -0.3 is 29.9 Å². The number of sulfonamides is 1. The van der Waals surface area contributed by atoms with Crippen LogP contribution in [-0.4, -0.2) is 109 Å². The average Bonchev–Trinajstić information content (AvgIpc) is 4.15. The Balaban J connectivity index is 1.14. The minimum atomic E-state index is -3.90. The molecule has 1 aromatic carbocycles. The molecule has 0 radical (unpaired) electrons. The number of carbonyl (C=O) groups is 4. The van der Waals surface area contributed by atoms with Crippen LogP contribution in [0.1, 0.15) is 87.8 Å². The third-order valence-electron chi connectivity index (χ3n) is 11.9. The van der Waals surface area contributed by atoms with Crippen LogP contribution in [0.15, 0.2) is 35.7 Å². The lowest BCUT2D eigenvalue weighted by Gasteiger charge is -2.30. The molecule has 5 atom stereocenters. The van der Waals surface area contributed by atoms with E-state index in [9.17, 15) is 27.6 Å². The number of nitrogens with one attached hydrogen (secondary N) is 3. The molecule has 4 fully saturated rings. The number of ether oxygens (including phenoxy) is 2. The van der Waals surface area contributed by atoms with E-state index in [0.717, 1.165) is 47.3 Å². The monoisotopic (exact) mass is 833 g/mol. The highest BCUT2D eigenvalue weighted by Crippen LogP contribution is 2.47. The van der Waals surface area contributed by atoms with Gasteiger partial charge in [0.15, 0.2) is 0 Å². The predicted octanol–water partition coefficient (Wildman–Crippen LogP) is 4.54. The number of carbonyl (C=O) groups excluding carboxylic acids is 4. The van der Waals surface area contributed by atoms with Crippen LogP contribution in [0.5, 0.6) is 11.5 Å². The lowest BCUT2D eigenvalue weighted by atomic mass is 10.0. The summed E-state index contributed by atoms with van der Waals surface area (Å²) in [6.45, 7) is 1.94. The van der Waals surface area contributed by atoms with Crippen LogP contribution in [-0.2, 0) is 24.4 Å². The number of rotatable bonds is 9. The lowest BCUT2D eigenvalue weighted by molar-refractivity contribution is -0.141. The zero-order valence-corrected chi connectivity index (χ0v) is 34.9. The Hall–Kier alpha value is -4.77. The zero-order valence-electron chi connectivity index (χ0n) is 33.3. The summed E-state index contributed by atoms with van der Waals surface area (Å²) in [6, 6.07) is 3.13. The molecule has 310 valence electrons. The van der Waals surface area contributed by atoms with Crippen molar-refractivity contribution >= 4 is 56.0 Å². The topological polar surface area (TPSA) is 189 Å². The van der Waals surface area contributed by atoms with Crippen molar-refractivity contribution in [3.8, 4) is 22.2 Å². The molecule has 0 unspecified atom stereocenters. The third-order valence-corrected chi connectivity index (χ3v) is 14.6. The number of benzene rings is 1. The van der Waals surface area contributed by atoms with Crippen molar-refractivity contribution in [2.75, 3.05) is 27.7 Å². The van der Waals surface area contributed by atoms with Gasteiger partial charge in [-0.25, -0.2) is 23.2 Å². The average molecular weight is 834 g/mol. The molecule has 3 aliphatic carbocycles. The summed E-state index contributed by atoms with van der Waals surface area (Å²) in [4.78, 5) is 68.7. The van der Waals surface area contributed by atoms with Crippen molar-refractivity contribution < 1.29 is 37.1 Å². The predicted molar refractivity (Wildman–Crippen MR) is 218 cm³/mol. The Morgan fingerprint density at radius 2 is 1.84 bits per heavy atom. The number of nitrogens with zero attached hydrogens (tertiary/aromatic N) is 4. The molecule has 15 nitrogen and oxygen atoms in total. The number of fused-ring (bicyclic) bond motifs is 3. The molecule has 5 amide bonds. The van der Waals surface area contributed by atoms with Crippen LogP contribution in [0.4, 0.5) is 4.79 Å². The smallest absolute Gasteiger partial charge is 0.317 e. The molecule has 17 heteroatoms. The van der Waals surface area contributed by atoms with E-state index in [-0.39, 0.29) is 19.4 Å². The number of amides is 5. The second-order valence-electron chi connectivity index (χ2n) is 16.5. The van der Waals surface area contributed by atoms with Crippen molar-refractivity contribution in [1.82, 2.24) is 35.1 Å². The summed E-state index contributed by atoms with van der Waals surface area (Å²) in [5.74, 6) is -0.602. The van der Waals surface area contributed by atoms with Crippen molar-refractivity contribution in [1.29, 1.82) is 0 Å². The number of urea groups is 1. The number of aryl methyl sites for hydroxylation is 1. The standard InChI is InChI=1S/C41H51N7O8S2/c1-23-33(55-4)17-16-28-34(19-30(42-35(23)28)37-43-31(22-57-37)24-12-13-24)56-26-18-32-36(49)45-41(39(51)46-58(53,54)27-14-15-27)20-25(41)10-8-6-5-7-9-11-29(38(50)48(32)21-26)44-40(52)47(2)3/h8,10,16-17,19,22,24-27,29,32H,5-7,9,11-15,18,20-21H2,1-4H3,(H,44,52)(H,45,49)(H,46,51)/b10-8-/t25-,26-,29+,32+,41-/m1/s1. The molecule has 0 spiro atoms. The van der Waals surface area contributed by atoms with E-state index < -0.39 is 68.7 Å². The number of hydrogen-bond donors (Lipinski definition) is 3. The molecule has 4 heterocycles. The van der Waals surface area contributed by atoms with Crippen LogP contribution in [0.3, 0.4) is 0 Å². The highest BCUT2D eigenvalue weighted by atomic mass is 32.2. The molecule has 1 saturated heterocycles. The molecule has 0 bridgehead atoms. The normalized spacial score (nSPS) is 27.0. The Labute approximate surface area is 342 Å². The first-order chi connectivity index (χ1) is 27.8. The summed E-state index contributed by atoms with van der Waals surface area (Å²) in [5, 5.41) is 8.72. The molecule has 58 heavy (non-hydrogen) atoms. The lowest BCUT2D eigenvalue weighted by Crippen LogP contribution is -2.58. The molecule has 2 aromatic heterocycles. The fourth-order valence-electron chi connectivity index (χ4n) is 8.08. The first-order valence-electron chi connectivity index (χ1n) is 20.2. The van der Waals surface area contributed by atoms with Crippen LogP contribution >= 0.6 is 11.3 Å². The maximum absolute atomic E-state index is 14.6. The van der Waals surface area contributed by atoms with Gasteiger partial charge in [0.1, 0.15) is 45.9 Å². The van der Waals surface area contributed by atoms with Gasteiger partial charge in [0.25, 0.3) is 5.91 Å². The zero-order chi connectivity index (χ0) is 40.9. The minimum Gasteiger partial charge on any atom is -0.496 e. The van der Waals surface area contributed by atoms with Gasteiger partial charge in [-0.2, -0.15) is 0 Å². The van der Waals surface area contributed by atoms with E-state index in [0.29, 0.717) is 60.7 Å². The first-order valence-corrected chi connectivity index (χ1v) is 22.6. The van der Waals surface area contributed by atoms with Crippen LogP contribution in [0.25, 0.3) is 21.6 Å². The first kappa shape index (κ1) is 40.0. The van der Waals surface area contributed by atoms with Crippen LogP contribution in [0, 0.1) is 12.8 Å². The summed E-state index contributed by atoms with van der Waals surface area (Å²) in [7, 11) is 0.899. The van der Waals surface area contributed by atoms with E-state index in [1.165, 1.54) is 21.1 Å². The second kappa shape index (κ2) is 15.8. The Morgan fingerprint density at radius 1 is 1.05 bits per heavy atom.